The molecule has 0 unspecified atom stereocenters. The van der Waals surface area contributed by atoms with Crippen LogP contribution in [0, 0.1) is 5.95 Å². The quantitative estimate of drug-likeness (QED) is 0.404. The molecule has 9 heavy (non-hydrogen) atoms. The van der Waals surface area contributed by atoms with Crippen LogP contribution in [0.4, 0.5) is 4.39 Å². The first-order valence-corrected chi connectivity index (χ1v) is 2.25. The number of carbonyl (C=O) groups excluding carboxylic acids is 1. The van der Waals surface area contributed by atoms with Crippen molar-refractivity contribution in [3.8, 4) is 0 Å². The molecular weight excluding hydrogens is 123 g/mol. The molecule has 0 atom stereocenters. The highest BCUT2D eigenvalue weighted by atomic mass is 19.1. The lowest BCUT2D eigenvalue weighted by Gasteiger charge is -1.85. The van der Waals surface area contributed by atoms with Crippen molar-refractivity contribution in [2.24, 2.45) is 0 Å². The van der Waals surface area contributed by atoms with Gasteiger partial charge >= 0.3 is 0 Å². The van der Waals surface area contributed by atoms with E-state index in [-0.39, 0.29) is 5.69 Å². The van der Waals surface area contributed by atoms with Crippen LogP contribution >= 0.6 is 0 Å². The number of nitrogens with zero attached hydrogens (tertiary/aromatic N) is 2. The minimum atomic E-state index is -0.688. The minimum absolute atomic E-state index is 0.0579. The van der Waals surface area contributed by atoms with Gasteiger partial charge in [0, 0.05) is 6.07 Å². The van der Waals surface area contributed by atoms with Crippen molar-refractivity contribution in [1.82, 2.24) is 9.97 Å². The van der Waals surface area contributed by atoms with Crippen LogP contribution in [0.5, 0.6) is 0 Å². The summed E-state index contributed by atoms with van der Waals surface area (Å²) < 4.78 is 12.0. The van der Waals surface area contributed by atoms with E-state index in [2.05, 4.69) is 9.97 Å². The van der Waals surface area contributed by atoms with Crippen molar-refractivity contribution in [1.29, 1.82) is 0 Å². The fourth-order valence-corrected chi connectivity index (χ4v) is 0.412. The molecule has 0 aliphatic carbocycles. The summed E-state index contributed by atoms with van der Waals surface area (Å²) in [6.07, 6.45) is 1.46. The number of halogens is 1. The lowest BCUT2D eigenvalue weighted by Crippen LogP contribution is -1.89. The summed E-state index contributed by atoms with van der Waals surface area (Å²) in [7, 11) is 0. The van der Waals surface area contributed by atoms with E-state index in [0.717, 1.165) is 12.4 Å². The molecule has 1 aromatic rings. The van der Waals surface area contributed by atoms with E-state index in [1.54, 1.807) is 0 Å². The van der Waals surface area contributed by atoms with Gasteiger partial charge in [0.15, 0.2) is 6.29 Å². The van der Waals surface area contributed by atoms with Crippen LogP contribution < -0.4 is 0 Å². The predicted octanol–water partition coefficient (Wildman–Crippen LogP) is 0.428. The Morgan fingerprint density at radius 2 is 2.33 bits per heavy atom. The Hall–Kier alpha value is -1.32. The smallest absolute Gasteiger partial charge is 0.216 e. The van der Waals surface area contributed by atoms with Gasteiger partial charge in [0.1, 0.15) is 12.0 Å². The summed E-state index contributed by atoms with van der Waals surface area (Å²) in [5.74, 6) is -0.688. The molecule has 0 aromatic carbocycles. The molecule has 4 heteroatoms. The van der Waals surface area contributed by atoms with E-state index < -0.39 is 5.95 Å². The molecule has 0 saturated carbocycles. The molecule has 1 rings (SSSR count). The maximum Gasteiger partial charge on any atom is 0.216 e. The fourth-order valence-electron chi connectivity index (χ4n) is 0.412. The zero-order chi connectivity index (χ0) is 6.69. The molecule has 0 bridgehead atoms. The molecule has 1 heterocycles. The first-order valence-electron chi connectivity index (χ1n) is 2.25. The number of hydrogen-bond acceptors (Lipinski definition) is 3. The van der Waals surface area contributed by atoms with Gasteiger partial charge in [0.2, 0.25) is 5.95 Å². The summed E-state index contributed by atoms with van der Waals surface area (Å²) in [5, 5.41) is 0. The van der Waals surface area contributed by atoms with Gasteiger partial charge in [-0.05, 0) is 0 Å². The number of hydrogen-bond donors (Lipinski definition) is 0. The maximum absolute atomic E-state index is 12.0. The third kappa shape index (κ3) is 1.28. The lowest BCUT2D eigenvalue weighted by molar-refractivity contribution is 0.111. The van der Waals surface area contributed by atoms with Gasteiger partial charge < -0.3 is 0 Å². The predicted molar refractivity (Wildman–Crippen MR) is 27.4 cm³/mol. The standard InChI is InChI=1S/C5H3FN2O/c6-5-1-4(2-9)7-3-8-5/h1-3H. The maximum atomic E-state index is 12.0. The third-order valence-electron chi connectivity index (χ3n) is 0.776. The van der Waals surface area contributed by atoms with Crippen molar-refractivity contribution in [3.63, 3.8) is 0 Å². The molecule has 0 N–H and O–H groups in total. The molecular formula is C5H3FN2O. The Kier molecular flexibility index (Phi) is 1.48. The van der Waals surface area contributed by atoms with Gasteiger partial charge in [-0.1, -0.05) is 0 Å². The third-order valence-corrected chi connectivity index (χ3v) is 0.776. The molecule has 0 amide bonds. The Morgan fingerprint density at radius 3 is 2.78 bits per heavy atom. The van der Waals surface area contributed by atoms with Crippen molar-refractivity contribution in [3.05, 3.63) is 24.0 Å². The van der Waals surface area contributed by atoms with Gasteiger partial charge in [0.05, 0.1) is 0 Å². The molecule has 0 spiro atoms. The number of aromatic nitrogens is 2. The van der Waals surface area contributed by atoms with Crippen molar-refractivity contribution < 1.29 is 9.18 Å². The zero-order valence-electron chi connectivity index (χ0n) is 4.41. The Labute approximate surface area is 50.6 Å². The van der Waals surface area contributed by atoms with E-state index in [0.29, 0.717) is 6.29 Å². The molecule has 3 nitrogen and oxygen atoms in total. The molecule has 0 saturated heterocycles. The highest BCUT2D eigenvalue weighted by molar-refractivity contribution is 5.71. The fraction of sp³-hybridized carbons (Fsp3) is 0. The summed E-state index contributed by atoms with van der Waals surface area (Å²) in [6.45, 7) is 0. The van der Waals surface area contributed by atoms with E-state index in [1.165, 1.54) is 0 Å². The van der Waals surface area contributed by atoms with Gasteiger partial charge in [-0.3, -0.25) is 4.79 Å². The summed E-state index contributed by atoms with van der Waals surface area (Å²) in [4.78, 5) is 16.5. The van der Waals surface area contributed by atoms with Crippen LogP contribution in [0.3, 0.4) is 0 Å². The second kappa shape index (κ2) is 2.30. The molecule has 0 aliphatic rings. The van der Waals surface area contributed by atoms with Gasteiger partial charge in [-0.15, -0.1) is 0 Å². The second-order valence-corrected chi connectivity index (χ2v) is 1.38. The second-order valence-electron chi connectivity index (χ2n) is 1.38. The Morgan fingerprint density at radius 1 is 1.56 bits per heavy atom. The average molecular weight is 126 g/mol. The van der Waals surface area contributed by atoms with Crippen molar-refractivity contribution in [2.45, 2.75) is 0 Å². The summed E-state index contributed by atoms with van der Waals surface area (Å²) in [5.41, 5.74) is 0.0579. The molecule has 0 fully saturated rings. The number of aldehydes is 1. The van der Waals surface area contributed by atoms with Crippen LogP contribution in [-0.2, 0) is 0 Å². The van der Waals surface area contributed by atoms with Crippen LogP contribution in [-0.4, -0.2) is 16.3 Å². The molecule has 0 radical (unpaired) electrons. The Bertz CT molecular complexity index is 226. The van der Waals surface area contributed by atoms with Crippen LogP contribution in [0.2, 0.25) is 0 Å². The van der Waals surface area contributed by atoms with E-state index in [1.807, 2.05) is 0 Å². The van der Waals surface area contributed by atoms with E-state index in [9.17, 15) is 9.18 Å². The minimum Gasteiger partial charge on any atom is -0.296 e. The SMILES string of the molecule is O=Cc1cc(F)ncn1. The molecule has 0 aliphatic heterocycles. The van der Waals surface area contributed by atoms with Crippen molar-refractivity contribution >= 4 is 6.29 Å². The van der Waals surface area contributed by atoms with Gasteiger partial charge in [-0.2, -0.15) is 4.39 Å². The highest BCUT2D eigenvalue weighted by Gasteiger charge is 1.92. The Balaban J connectivity index is 3.07. The van der Waals surface area contributed by atoms with Crippen LogP contribution in [0.1, 0.15) is 10.5 Å². The average Bonchev–Trinajstić information content (AvgIpc) is 1.88. The first-order chi connectivity index (χ1) is 4.33. The number of carbonyl (C=O) groups is 1. The first kappa shape index (κ1) is 5.81. The van der Waals surface area contributed by atoms with Crippen LogP contribution in [0.25, 0.3) is 0 Å². The summed E-state index contributed by atoms with van der Waals surface area (Å²) >= 11 is 0. The zero-order valence-corrected chi connectivity index (χ0v) is 4.41. The number of rotatable bonds is 1. The normalized spacial score (nSPS) is 9.00. The monoisotopic (exact) mass is 126 g/mol. The largest absolute Gasteiger partial charge is 0.296 e. The van der Waals surface area contributed by atoms with E-state index >= 15 is 0 Å². The molecule has 46 valence electrons. The van der Waals surface area contributed by atoms with Gasteiger partial charge in [0.25, 0.3) is 0 Å². The van der Waals surface area contributed by atoms with Crippen LogP contribution in [0.15, 0.2) is 12.4 Å². The lowest BCUT2D eigenvalue weighted by atomic mass is 10.4. The topological polar surface area (TPSA) is 42.9 Å². The summed E-state index contributed by atoms with van der Waals surface area (Å²) in [6, 6.07) is 0.965. The highest BCUT2D eigenvalue weighted by Crippen LogP contribution is 1.90. The molecule has 1 aromatic heterocycles. The van der Waals surface area contributed by atoms with E-state index in [4.69, 9.17) is 0 Å². The van der Waals surface area contributed by atoms with Crippen molar-refractivity contribution in [2.75, 3.05) is 0 Å². The van der Waals surface area contributed by atoms with Gasteiger partial charge in [-0.25, -0.2) is 9.97 Å².